The topological polar surface area (TPSA) is 65.9 Å². The molecule has 5 nitrogen and oxygen atoms in total. The molecule has 5 heteroatoms. The van der Waals surface area contributed by atoms with E-state index in [1.807, 2.05) is 13.8 Å². The van der Waals surface area contributed by atoms with Gasteiger partial charge in [0.25, 0.3) is 0 Å². The van der Waals surface area contributed by atoms with Gasteiger partial charge in [-0.05, 0) is 38.5 Å². The molecule has 1 fully saturated rings. The molecule has 0 aromatic carbocycles. The van der Waals surface area contributed by atoms with Crippen LogP contribution in [0.5, 0.6) is 0 Å². The lowest BCUT2D eigenvalue weighted by Gasteiger charge is -2.30. The first kappa shape index (κ1) is 20.2. The first-order valence-corrected chi connectivity index (χ1v) is 9.18. The van der Waals surface area contributed by atoms with Crippen LogP contribution in [0.4, 0.5) is 0 Å². The third kappa shape index (κ3) is 7.53. The van der Waals surface area contributed by atoms with Gasteiger partial charge in [-0.25, -0.2) is 0 Å². The molecule has 1 aliphatic rings. The maximum Gasteiger partial charge on any atom is 0.191 e. The SMILES string of the molecule is CCNC(=NCC(C)(C)CO)NCC1(CCOCC)CCCC1. The summed E-state index contributed by atoms with van der Waals surface area (Å²) in [5.74, 6) is 0.858. The highest BCUT2D eigenvalue weighted by molar-refractivity contribution is 5.79. The second-order valence-electron chi connectivity index (χ2n) is 7.53. The molecule has 3 N–H and O–H groups in total. The fourth-order valence-electron chi connectivity index (χ4n) is 3.03. The molecule has 1 aliphatic carbocycles. The van der Waals surface area contributed by atoms with Crippen LogP contribution in [0, 0.1) is 10.8 Å². The Morgan fingerprint density at radius 1 is 1.22 bits per heavy atom. The summed E-state index contributed by atoms with van der Waals surface area (Å²) in [6.07, 6.45) is 6.30. The van der Waals surface area contributed by atoms with Crippen LogP contribution in [0.1, 0.15) is 59.8 Å². The predicted molar refractivity (Wildman–Crippen MR) is 96.9 cm³/mol. The van der Waals surface area contributed by atoms with Crippen molar-refractivity contribution in [1.82, 2.24) is 10.6 Å². The average molecular weight is 328 g/mol. The molecule has 0 spiro atoms. The van der Waals surface area contributed by atoms with Crippen LogP contribution in [0.15, 0.2) is 4.99 Å². The molecular weight excluding hydrogens is 290 g/mol. The second-order valence-corrected chi connectivity index (χ2v) is 7.53. The Morgan fingerprint density at radius 2 is 1.91 bits per heavy atom. The van der Waals surface area contributed by atoms with Crippen LogP contribution in [-0.4, -0.2) is 50.5 Å². The lowest BCUT2D eigenvalue weighted by atomic mass is 9.83. The third-order valence-corrected chi connectivity index (χ3v) is 4.71. The van der Waals surface area contributed by atoms with Crippen molar-refractivity contribution in [2.45, 2.75) is 59.8 Å². The number of nitrogens with zero attached hydrogens (tertiary/aromatic N) is 1. The fourth-order valence-corrected chi connectivity index (χ4v) is 3.03. The number of aliphatic hydroxyl groups is 1. The van der Waals surface area contributed by atoms with Gasteiger partial charge in [0.15, 0.2) is 5.96 Å². The van der Waals surface area contributed by atoms with E-state index in [-0.39, 0.29) is 12.0 Å². The molecule has 0 radical (unpaired) electrons. The highest BCUT2D eigenvalue weighted by Crippen LogP contribution is 2.40. The lowest BCUT2D eigenvalue weighted by Crippen LogP contribution is -2.44. The molecule has 1 rings (SSSR count). The summed E-state index contributed by atoms with van der Waals surface area (Å²) < 4.78 is 5.58. The van der Waals surface area contributed by atoms with E-state index in [1.165, 1.54) is 25.7 Å². The summed E-state index contributed by atoms with van der Waals surface area (Å²) in [5, 5.41) is 16.2. The Morgan fingerprint density at radius 3 is 2.48 bits per heavy atom. The van der Waals surface area contributed by atoms with Crippen LogP contribution >= 0.6 is 0 Å². The zero-order valence-electron chi connectivity index (χ0n) is 15.6. The summed E-state index contributed by atoms with van der Waals surface area (Å²) >= 11 is 0. The van der Waals surface area contributed by atoms with Gasteiger partial charge in [-0.15, -0.1) is 0 Å². The smallest absolute Gasteiger partial charge is 0.191 e. The number of ether oxygens (including phenoxy) is 1. The number of nitrogens with one attached hydrogen (secondary N) is 2. The number of hydrogen-bond donors (Lipinski definition) is 3. The lowest BCUT2D eigenvalue weighted by molar-refractivity contribution is 0.105. The number of rotatable bonds is 10. The minimum atomic E-state index is -0.178. The predicted octanol–water partition coefficient (Wildman–Crippen LogP) is 2.55. The Kier molecular flexibility index (Phi) is 8.92. The van der Waals surface area contributed by atoms with Crippen LogP contribution in [0.3, 0.4) is 0 Å². The maximum atomic E-state index is 9.38. The average Bonchev–Trinajstić information content (AvgIpc) is 3.00. The molecule has 136 valence electrons. The Labute approximate surface area is 142 Å². The molecule has 0 heterocycles. The zero-order chi connectivity index (χ0) is 17.2. The van der Waals surface area contributed by atoms with Crippen LogP contribution in [0.2, 0.25) is 0 Å². The summed E-state index contributed by atoms with van der Waals surface area (Å²) in [5.41, 5.74) is 0.167. The standard InChI is InChI=1S/C18H37N3O2/c1-5-19-16(20-13-17(3,4)15-22)21-14-18(9-7-8-10-18)11-12-23-6-2/h22H,5-15H2,1-4H3,(H2,19,20,21). The molecule has 0 aliphatic heterocycles. The van der Waals surface area contributed by atoms with E-state index < -0.39 is 0 Å². The number of aliphatic hydroxyl groups excluding tert-OH is 1. The molecular formula is C18H37N3O2. The van der Waals surface area contributed by atoms with E-state index in [1.54, 1.807) is 0 Å². The van der Waals surface area contributed by atoms with Gasteiger partial charge in [0.05, 0.1) is 6.54 Å². The van der Waals surface area contributed by atoms with Crippen molar-refractivity contribution in [3.8, 4) is 0 Å². The van der Waals surface area contributed by atoms with Crippen molar-refractivity contribution in [2.24, 2.45) is 15.8 Å². The Bertz CT molecular complexity index is 350. The summed E-state index contributed by atoms with van der Waals surface area (Å²) in [7, 11) is 0. The molecule has 23 heavy (non-hydrogen) atoms. The van der Waals surface area contributed by atoms with Crippen molar-refractivity contribution in [2.75, 3.05) is 39.5 Å². The van der Waals surface area contributed by atoms with Gasteiger partial charge >= 0.3 is 0 Å². The molecule has 0 bridgehead atoms. The fraction of sp³-hybridized carbons (Fsp3) is 0.944. The van der Waals surface area contributed by atoms with E-state index in [0.717, 1.165) is 38.7 Å². The summed E-state index contributed by atoms with van der Waals surface area (Å²) in [4.78, 5) is 4.65. The maximum absolute atomic E-state index is 9.38. The van der Waals surface area contributed by atoms with Gasteiger partial charge in [-0.1, -0.05) is 26.7 Å². The van der Waals surface area contributed by atoms with E-state index in [9.17, 15) is 5.11 Å². The van der Waals surface area contributed by atoms with Crippen LogP contribution in [-0.2, 0) is 4.74 Å². The first-order chi connectivity index (χ1) is 11.0. The van der Waals surface area contributed by atoms with Gasteiger partial charge < -0.3 is 20.5 Å². The molecule has 0 atom stereocenters. The Balaban J connectivity index is 2.58. The van der Waals surface area contributed by atoms with E-state index in [2.05, 4.69) is 29.5 Å². The first-order valence-electron chi connectivity index (χ1n) is 9.18. The van der Waals surface area contributed by atoms with Crippen molar-refractivity contribution in [3.63, 3.8) is 0 Å². The van der Waals surface area contributed by atoms with Crippen molar-refractivity contribution in [1.29, 1.82) is 0 Å². The minimum Gasteiger partial charge on any atom is -0.396 e. The van der Waals surface area contributed by atoms with Gasteiger partial charge in [-0.3, -0.25) is 4.99 Å². The molecule has 1 saturated carbocycles. The van der Waals surface area contributed by atoms with Crippen LogP contribution < -0.4 is 10.6 Å². The largest absolute Gasteiger partial charge is 0.396 e. The number of aliphatic imine (C=N–C) groups is 1. The number of hydrogen-bond acceptors (Lipinski definition) is 3. The third-order valence-electron chi connectivity index (χ3n) is 4.71. The van der Waals surface area contributed by atoms with Gasteiger partial charge in [-0.2, -0.15) is 0 Å². The summed E-state index contributed by atoms with van der Waals surface area (Å²) in [6.45, 7) is 12.4. The minimum absolute atomic E-state index is 0.147. The zero-order valence-corrected chi connectivity index (χ0v) is 15.6. The van der Waals surface area contributed by atoms with Crippen LogP contribution in [0.25, 0.3) is 0 Å². The molecule has 0 saturated heterocycles. The van der Waals surface area contributed by atoms with Crippen molar-refractivity contribution >= 4 is 5.96 Å². The van der Waals surface area contributed by atoms with Gasteiger partial charge in [0.2, 0.25) is 0 Å². The van der Waals surface area contributed by atoms with Crippen molar-refractivity contribution < 1.29 is 9.84 Å². The monoisotopic (exact) mass is 327 g/mol. The quantitative estimate of drug-likeness (QED) is 0.328. The highest BCUT2D eigenvalue weighted by atomic mass is 16.5. The normalized spacial score (nSPS) is 18.2. The highest BCUT2D eigenvalue weighted by Gasteiger charge is 2.33. The van der Waals surface area contributed by atoms with E-state index in [4.69, 9.17) is 4.74 Å². The second kappa shape index (κ2) is 10.1. The Hall–Kier alpha value is -0.810. The van der Waals surface area contributed by atoms with E-state index in [0.29, 0.717) is 12.0 Å². The van der Waals surface area contributed by atoms with Crippen molar-refractivity contribution in [3.05, 3.63) is 0 Å². The summed E-state index contributed by atoms with van der Waals surface area (Å²) in [6, 6.07) is 0. The molecule has 0 aromatic rings. The number of guanidine groups is 1. The molecule has 0 amide bonds. The molecule has 0 aromatic heterocycles. The molecule has 0 unspecified atom stereocenters. The van der Waals surface area contributed by atoms with Gasteiger partial charge in [0, 0.05) is 38.3 Å². The van der Waals surface area contributed by atoms with Gasteiger partial charge in [0.1, 0.15) is 0 Å². The van der Waals surface area contributed by atoms with E-state index >= 15 is 0 Å².